The number of carbonyl (C=O) groups is 3. The first-order valence-electron chi connectivity index (χ1n) is 7.68. The number of hydrogen-bond donors (Lipinski definition) is 1. The molecular weight excluding hydrogens is 332 g/mol. The van der Waals surface area contributed by atoms with Crippen molar-refractivity contribution in [2.45, 2.75) is 19.6 Å². The second-order valence-corrected chi connectivity index (χ2v) is 5.80. The van der Waals surface area contributed by atoms with Crippen molar-refractivity contribution < 1.29 is 29.3 Å². The van der Waals surface area contributed by atoms with E-state index >= 15 is 0 Å². The molecule has 0 spiro atoms. The van der Waals surface area contributed by atoms with Gasteiger partial charge in [-0.05, 0) is 25.5 Å². The summed E-state index contributed by atoms with van der Waals surface area (Å²) in [6, 6.07) is 6.37. The summed E-state index contributed by atoms with van der Waals surface area (Å²) in [4.78, 5) is 41.5. The fraction of sp³-hybridized carbons (Fsp3) is 0.400. The molecule has 2 unspecified atom stereocenters. The molecule has 2 aliphatic rings. The molecule has 0 radical (unpaired) electrons. The van der Waals surface area contributed by atoms with Crippen molar-refractivity contribution in [3.63, 3.8) is 0 Å². The van der Waals surface area contributed by atoms with Gasteiger partial charge in [-0.15, -0.1) is 5.01 Å². The van der Waals surface area contributed by atoms with E-state index in [2.05, 4.69) is 5.28 Å². The Labute approximate surface area is 142 Å². The Balaban J connectivity index is 1.65. The molecule has 1 saturated heterocycles. The number of nitrogens with zero attached hydrogens (tertiary/aromatic N) is 4. The summed E-state index contributed by atoms with van der Waals surface area (Å²) in [5, 5.41) is 25.3. The summed E-state index contributed by atoms with van der Waals surface area (Å²) in [5.41, 5.74) is 0.538. The number of hydrogen-bond acceptors (Lipinski definition) is 6. The maximum absolute atomic E-state index is 12.3. The maximum atomic E-state index is 12.3. The number of hydrazine groups is 1. The quantitative estimate of drug-likeness (QED) is 0.362. The zero-order valence-electron chi connectivity index (χ0n) is 13.4. The predicted octanol–water partition coefficient (Wildman–Crippen LogP) is 0.844. The van der Waals surface area contributed by atoms with E-state index in [4.69, 9.17) is 9.94 Å². The predicted molar refractivity (Wildman–Crippen MR) is 80.9 cm³/mol. The van der Waals surface area contributed by atoms with E-state index in [0.29, 0.717) is 6.42 Å². The Bertz CT molecular complexity index is 729. The van der Waals surface area contributed by atoms with Crippen LogP contribution in [0.2, 0.25) is 0 Å². The van der Waals surface area contributed by atoms with Gasteiger partial charge in [-0.1, -0.05) is 12.1 Å². The van der Waals surface area contributed by atoms with Gasteiger partial charge in [-0.25, -0.2) is 4.90 Å². The maximum Gasteiger partial charge on any atom is 0.308 e. The van der Waals surface area contributed by atoms with Gasteiger partial charge >= 0.3 is 5.97 Å². The lowest BCUT2D eigenvalue weighted by molar-refractivity contribution is -0.709. The number of carbonyl (C=O) groups excluding carboxylic acids is 2. The molecule has 3 rings (SSSR count). The first kappa shape index (κ1) is 16.7. The molecule has 10 heteroatoms. The second-order valence-electron chi connectivity index (χ2n) is 5.80. The zero-order valence-corrected chi connectivity index (χ0v) is 13.4. The fourth-order valence-electron chi connectivity index (χ4n) is 2.84. The highest BCUT2D eigenvalue weighted by atomic mass is 16.7. The number of fused-ring (bicyclic) bond motifs is 1. The first-order valence-corrected chi connectivity index (χ1v) is 7.68. The largest absolute Gasteiger partial charge is 0.569 e. The van der Waals surface area contributed by atoms with Gasteiger partial charge in [0.25, 0.3) is 11.8 Å². The van der Waals surface area contributed by atoms with Crippen LogP contribution >= 0.6 is 0 Å². The van der Waals surface area contributed by atoms with Crippen LogP contribution in [0.25, 0.3) is 0 Å². The van der Waals surface area contributed by atoms with E-state index in [1.807, 2.05) is 0 Å². The Morgan fingerprint density at radius 2 is 1.96 bits per heavy atom. The van der Waals surface area contributed by atoms with Gasteiger partial charge in [0.1, 0.15) is 0 Å². The van der Waals surface area contributed by atoms with Crippen LogP contribution in [0, 0.1) is 11.1 Å². The summed E-state index contributed by atoms with van der Waals surface area (Å²) < 4.78 is 0. The SMILES string of the molecule is CC(ON=[N+]([O-])N1CCC(C(=O)O)C1)N1C(=O)c2ccccc2C1=O. The third kappa shape index (κ3) is 2.97. The van der Waals surface area contributed by atoms with Crippen molar-refractivity contribution in [2.24, 2.45) is 11.2 Å². The van der Waals surface area contributed by atoms with Gasteiger partial charge in [-0.2, -0.15) is 0 Å². The van der Waals surface area contributed by atoms with E-state index in [1.165, 1.54) is 24.1 Å². The van der Waals surface area contributed by atoms with Crippen molar-refractivity contribution in [3.8, 4) is 0 Å². The molecule has 1 fully saturated rings. The standard InChI is InChI=1S/C15H16N4O6/c1-9(18-13(20)11-4-2-3-5-12(11)14(18)21)25-16-19(24)17-7-6-10(8-17)15(22)23/h2-5,9-10H,6-8H2,1H3,(H,22,23). The van der Waals surface area contributed by atoms with Gasteiger partial charge in [0.2, 0.25) is 11.5 Å². The number of imide groups is 1. The van der Waals surface area contributed by atoms with Crippen molar-refractivity contribution in [3.05, 3.63) is 40.6 Å². The fourth-order valence-corrected chi connectivity index (χ4v) is 2.84. The molecule has 0 aromatic heterocycles. The number of aliphatic carboxylic acids is 1. The van der Waals surface area contributed by atoms with E-state index in [0.717, 1.165) is 4.90 Å². The van der Waals surface area contributed by atoms with E-state index in [1.54, 1.807) is 12.1 Å². The molecule has 1 aromatic rings. The average molecular weight is 348 g/mol. The van der Waals surface area contributed by atoms with Gasteiger partial charge in [0, 0.05) is 0 Å². The van der Waals surface area contributed by atoms with Gasteiger partial charge < -0.3 is 15.2 Å². The first-order chi connectivity index (χ1) is 11.9. The third-order valence-corrected chi connectivity index (χ3v) is 4.22. The lowest BCUT2D eigenvalue weighted by Gasteiger charge is -2.19. The Hall–Kier alpha value is -3.17. The monoisotopic (exact) mass is 348 g/mol. The lowest BCUT2D eigenvalue weighted by atomic mass is 10.1. The molecule has 2 aliphatic heterocycles. The summed E-state index contributed by atoms with van der Waals surface area (Å²) in [6.07, 6.45) is -0.751. The van der Waals surface area contributed by atoms with Gasteiger partial charge in [0.05, 0.1) is 35.1 Å². The molecule has 2 amide bonds. The summed E-state index contributed by atoms with van der Waals surface area (Å²) >= 11 is 0. The van der Waals surface area contributed by atoms with Crippen LogP contribution in [-0.2, 0) is 9.63 Å². The van der Waals surface area contributed by atoms with Gasteiger partial charge in [0.15, 0.2) is 0 Å². The normalized spacial score (nSPS) is 21.5. The molecule has 10 nitrogen and oxygen atoms in total. The minimum Gasteiger partial charge on any atom is -0.569 e. The van der Waals surface area contributed by atoms with Crippen molar-refractivity contribution in [2.75, 3.05) is 13.1 Å². The molecule has 0 aliphatic carbocycles. The van der Waals surface area contributed by atoms with Crippen molar-refractivity contribution in [1.29, 1.82) is 0 Å². The molecule has 1 aromatic carbocycles. The van der Waals surface area contributed by atoms with Crippen LogP contribution < -0.4 is 0 Å². The summed E-state index contributed by atoms with van der Waals surface area (Å²) in [6.45, 7) is 1.67. The molecule has 2 heterocycles. The van der Waals surface area contributed by atoms with E-state index in [-0.39, 0.29) is 29.2 Å². The topological polar surface area (TPSA) is 126 Å². The van der Waals surface area contributed by atoms with E-state index < -0.39 is 29.9 Å². The Morgan fingerprint density at radius 3 is 2.48 bits per heavy atom. The zero-order chi connectivity index (χ0) is 18.1. The highest BCUT2D eigenvalue weighted by molar-refractivity contribution is 6.21. The number of carboxylic acids is 1. The molecule has 0 bridgehead atoms. The average Bonchev–Trinajstić information content (AvgIpc) is 3.18. The second kappa shape index (κ2) is 6.38. The van der Waals surface area contributed by atoms with Crippen molar-refractivity contribution >= 4 is 17.8 Å². The molecule has 132 valence electrons. The van der Waals surface area contributed by atoms with Crippen molar-refractivity contribution in [1.82, 2.24) is 9.91 Å². The minimum absolute atomic E-state index is 0.0209. The number of carboxylic acid groups (broad SMARTS) is 1. The smallest absolute Gasteiger partial charge is 0.308 e. The number of amides is 2. The third-order valence-electron chi connectivity index (χ3n) is 4.22. The molecule has 1 N–H and O–H groups in total. The lowest BCUT2D eigenvalue weighted by Crippen LogP contribution is -2.39. The highest BCUT2D eigenvalue weighted by Gasteiger charge is 2.40. The molecule has 25 heavy (non-hydrogen) atoms. The molecular formula is C15H16N4O6. The van der Waals surface area contributed by atoms with Crippen LogP contribution in [0.3, 0.4) is 0 Å². The molecule has 2 atom stereocenters. The van der Waals surface area contributed by atoms with Gasteiger partial charge in [-0.3, -0.25) is 14.4 Å². The minimum atomic E-state index is -1.08. The van der Waals surface area contributed by atoms with E-state index in [9.17, 15) is 19.6 Å². The summed E-state index contributed by atoms with van der Waals surface area (Å²) in [7, 11) is 0. The molecule has 0 saturated carbocycles. The Kier molecular flexibility index (Phi) is 4.26. The van der Waals surface area contributed by atoms with Crippen LogP contribution in [0.15, 0.2) is 29.5 Å². The van der Waals surface area contributed by atoms with Crippen LogP contribution in [0.5, 0.6) is 0 Å². The van der Waals surface area contributed by atoms with Crippen LogP contribution in [0.1, 0.15) is 34.1 Å². The number of rotatable bonds is 5. The highest BCUT2D eigenvalue weighted by Crippen LogP contribution is 2.25. The van der Waals surface area contributed by atoms with Crippen LogP contribution in [0.4, 0.5) is 0 Å². The van der Waals surface area contributed by atoms with Crippen LogP contribution in [-0.4, -0.2) is 57.1 Å². The number of benzene rings is 1. The Morgan fingerprint density at radius 1 is 1.36 bits per heavy atom. The summed E-state index contributed by atoms with van der Waals surface area (Å²) in [5.74, 6) is -2.66.